The summed E-state index contributed by atoms with van der Waals surface area (Å²) in [7, 11) is 1.00. The van der Waals surface area contributed by atoms with Gasteiger partial charge in [-0.3, -0.25) is 47.5 Å². The average molecular weight is 1370 g/mol. The Hall–Kier alpha value is -6.18. The summed E-state index contributed by atoms with van der Waals surface area (Å²) in [5.41, 5.74) is -4.59. The second kappa shape index (κ2) is 37.2. The first kappa shape index (κ1) is 81.1. The van der Waals surface area contributed by atoms with Gasteiger partial charge in [-0.1, -0.05) is 34.6 Å². The Balaban J connectivity index is 0.00000553. The zero-order valence-electron chi connectivity index (χ0n) is 54.1. The molecule has 5 amide bonds. The standard InChI is InChI=1S/C55H80F4N10O18S2.C2H6.CH4O/c1-9-36(72)52(5,6)29-85-53(7,8)17-12-39(73)62-31(45(79)60-18-13-42(76)83-26-41(75)64-38-16-21-69(50(82)66-38)48-55(58,59)44(78)33(24-71)87-48)27-88-34-10-11-35(34)89-28-32(67-51(2,3)4)46(80)61-19-14-43(77)84-25-40(74)63-37-15-20-68(49(81)65-37)47-54(56,57)22-30(23-70)86-47;2*1-2/h15-16,20-21,30-35,44,47-48,67,70-71,78H,9-14,17-19,22-29H2,1-8H3,(H,60,79)(H,61,80)(H,62,73)(H,63,65,74,81)(H,64,66,75,82);1-2H3;2H,1H3/t30-,31?,32?,33+,34?,35?,44+,47?,48+;;/m1../s1. The highest BCUT2D eigenvalue weighted by Gasteiger charge is 2.59. The molecule has 35 heteroatoms. The van der Waals surface area contributed by atoms with Crippen LogP contribution < -0.4 is 43.3 Å². The predicted molar refractivity (Wildman–Crippen MR) is 332 cm³/mol. The molecule has 4 heterocycles. The van der Waals surface area contributed by atoms with E-state index in [1.165, 1.54) is 23.5 Å². The lowest BCUT2D eigenvalue weighted by atomic mass is 9.87. The summed E-state index contributed by atoms with van der Waals surface area (Å²) < 4.78 is 85.0. The predicted octanol–water partition coefficient (Wildman–Crippen LogP) is 1.73. The van der Waals surface area contributed by atoms with Gasteiger partial charge in [0.2, 0.25) is 30.2 Å². The van der Waals surface area contributed by atoms with Gasteiger partial charge in [-0.25, -0.2) is 18.4 Å². The normalized spacial score (nSPS) is 21.2. The van der Waals surface area contributed by atoms with Crippen molar-refractivity contribution in [2.75, 3.05) is 75.4 Å². The number of ether oxygens (including phenoxy) is 5. The lowest BCUT2D eigenvalue weighted by molar-refractivity contribution is -0.147. The van der Waals surface area contributed by atoms with Gasteiger partial charge in [-0.05, 0) is 66.0 Å². The molecule has 9 atom stereocenters. The summed E-state index contributed by atoms with van der Waals surface area (Å²) in [5.74, 6) is -13.0. The quantitative estimate of drug-likeness (QED) is 0.0352. The SMILES string of the molecule is CC.CCC(=O)C(C)(C)COC(C)(C)CCC(=O)NC(CSC1CCC1SCC(NC(C)(C)C)C(=O)NCCC(=O)OCC(=O)Nc1ccn(C2O[C@@H](CO)CC2(F)F)c(=O)n1)C(=O)NCCC(=O)OCC(=O)Nc1ccn([C@H]2O[C@@H](CO)[C@H](O)C2(F)F)c(=O)n1.CO. The van der Waals surface area contributed by atoms with Crippen molar-refractivity contribution in [1.29, 1.82) is 0 Å². The van der Waals surface area contributed by atoms with Crippen molar-refractivity contribution in [1.82, 2.24) is 40.4 Å². The first-order valence-electron chi connectivity index (χ1n) is 30.1. The van der Waals surface area contributed by atoms with Crippen molar-refractivity contribution in [3.05, 3.63) is 45.5 Å². The Labute approximate surface area is 544 Å². The van der Waals surface area contributed by atoms with Gasteiger partial charge in [0, 0.05) is 84.8 Å². The number of hydrogen-bond donors (Lipinski definition) is 10. The van der Waals surface area contributed by atoms with E-state index in [1.807, 2.05) is 34.6 Å². The van der Waals surface area contributed by atoms with E-state index in [0.29, 0.717) is 15.6 Å². The Morgan fingerprint density at radius 1 is 0.720 bits per heavy atom. The van der Waals surface area contributed by atoms with Gasteiger partial charge >= 0.3 is 29.2 Å². The van der Waals surface area contributed by atoms with E-state index in [4.69, 9.17) is 28.8 Å². The minimum Gasteiger partial charge on any atom is -0.456 e. The fourth-order valence-corrected chi connectivity index (χ4v) is 12.1. The Morgan fingerprint density at radius 2 is 1.20 bits per heavy atom. The molecule has 0 radical (unpaired) electrons. The smallest absolute Gasteiger partial charge is 0.351 e. The highest BCUT2D eigenvalue weighted by Crippen LogP contribution is 2.44. The number of carbonyl (C=O) groups excluding carboxylic acids is 8. The van der Waals surface area contributed by atoms with Gasteiger partial charge in [0.05, 0.1) is 50.4 Å². The topological polar surface area (TPSA) is 406 Å². The summed E-state index contributed by atoms with van der Waals surface area (Å²) in [5, 5.41) is 51.1. The molecule has 526 valence electrons. The van der Waals surface area contributed by atoms with E-state index in [1.54, 1.807) is 34.6 Å². The van der Waals surface area contributed by atoms with Crippen molar-refractivity contribution in [2.45, 2.75) is 197 Å². The molecule has 5 rings (SSSR count). The van der Waals surface area contributed by atoms with E-state index in [2.05, 4.69) is 41.9 Å². The minimum atomic E-state index is -3.97. The molecule has 3 fully saturated rings. The molecule has 0 aromatic carbocycles. The Kier molecular flexibility index (Phi) is 32.4. The number of aliphatic hydroxyl groups is 4. The Morgan fingerprint density at radius 3 is 1.63 bits per heavy atom. The minimum absolute atomic E-state index is 0.00983. The van der Waals surface area contributed by atoms with Gasteiger partial charge in [-0.2, -0.15) is 42.3 Å². The summed E-state index contributed by atoms with van der Waals surface area (Å²) in [4.78, 5) is 136. The molecular formula is C58H90F4N10O19S2. The fraction of sp³-hybridized carbons (Fsp3) is 0.724. The molecule has 2 saturated heterocycles. The number of rotatable bonds is 34. The second-order valence-corrected chi connectivity index (χ2v) is 26.2. The molecule has 0 spiro atoms. The number of thioether (sulfide) groups is 2. The fourth-order valence-electron chi connectivity index (χ4n) is 9.00. The number of hydrogen-bond acceptors (Lipinski definition) is 24. The number of ketones is 1. The monoisotopic (exact) mass is 1370 g/mol. The van der Waals surface area contributed by atoms with Crippen LogP contribution in [0.3, 0.4) is 0 Å². The number of Topliss-reactive ketones (excluding diaryl/α,β-unsaturated/α-hetero) is 1. The van der Waals surface area contributed by atoms with Crippen LogP contribution in [0.4, 0.5) is 29.2 Å². The maximum Gasteiger partial charge on any atom is 0.351 e. The van der Waals surface area contributed by atoms with Crippen molar-refractivity contribution < 1.29 is 100 Å². The van der Waals surface area contributed by atoms with Crippen LogP contribution in [0.5, 0.6) is 0 Å². The third kappa shape index (κ3) is 25.5. The number of amides is 5. The molecule has 2 aromatic rings. The van der Waals surface area contributed by atoms with E-state index in [0.717, 1.165) is 44.5 Å². The Bertz CT molecular complexity index is 2960. The number of nitrogens with zero attached hydrogens (tertiary/aromatic N) is 4. The number of esters is 2. The summed E-state index contributed by atoms with van der Waals surface area (Å²) in [6.45, 7) is 14.8. The number of aromatic nitrogens is 4. The van der Waals surface area contributed by atoms with Crippen molar-refractivity contribution in [3.63, 3.8) is 0 Å². The molecule has 1 saturated carbocycles. The van der Waals surface area contributed by atoms with Gasteiger partial charge in [0.15, 0.2) is 19.3 Å². The number of aliphatic hydroxyl groups excluding tert-OH is 4. The third-order valence-electron chi connectivity index (χ3n) is 14.2. The van der Waals surface area contributed by atoms with Crippen LogP contribution in [-0.4, -0.2) is 215 Å². The van der Waals surface area contributed by atoms with E-state index >= 15 is 0 Å². The summed E-state index contributed by atoms with van der Waals surface area (Å²) in [6.07, 6.45) is -7.39. The van der Waals surface area contributed by atoms with Crippen LogP contribution in [0.25, 0.3) is 0 Å². The first-order chi connectivity index (χ1) is 43.6. The molecule has 3 aliphatic rings. The number of alkyl halides is 4. The van der Waals surface area contributed by atoms with Crippen LogP contribution in [0.2, 0.25) is 0 Å². The molecule has 10 N–H and O–H groups in total. The summed E-state index contributed by atoms with van der Waals surface area (Å²) >= 11 is 2.94. The van der Waals surface area contributed by atoms with E-state index in [-0.39, 0.29) is 72.6 Å². The molecule has 0 bridgehead atoms. The lowest BCUT2D eigenvalue weighted by Crippen LogP contribution is -2.53. The zero-order valence-corrected chi connectivity index (χ0v) is 55.7. The van der Waals surface area contributed by atoms with E-state index in [9.17, 15) is 80.8 Å². The highest BCUT2D eigenvalue weighted by atomic mass is 32.2. The third-order valence-corrected chi connectivity index (χ3v) is 17.4. The van der Waals surface area contributed by atoms with E-state index < -0.39 is 169 Å². The molecule has 2 aliphatic heterocycles. The van der Waals surface area contributed by atoms with Crippen molar-refractivity contribution >= 4 is 82.4 Å². The van der Waals surface area contributed by atoms with Gasteiger partial charge in [-0.15, -0.1) is 0 Å². The maximum atomic E-state index is 14.6. The van der Waals surface area contributed by atoms with Crippen LogP contribution in [0, 0.1) is 5.41 Å². The van der Waals surface area contributed by atoms with Crippen molar-refractivity contribution in [3.8, 4) is 0 Å². The molecule has 93 heavy (non-hydrogen) atoms. The molecule has 1 aliphatic carbocycles. The van der Waals surface area contributed by atoms with Crippen molar-refractivity contribution in [2.24, 2.45) is 5.41 Å². The largest absolute Gasteiger partial charge is 0.456 e. The van der Waals surface area contributed by atoms with Crippen LogP contribution in [0.1, 0.15) is 133 Å². The maximum absolute atomic E-state index is 14.6. The average Bonchev–Trinajstić information content (AvgIpc) is 1.65. The van der Waals surface area contributed by atoms with Crippen LogP contribution in [-0.2, 0) is 62.0 Å². The van der Waals surface area contributed by atoms with Gasteiger partial charge in [0.1, 0.15) is 29.6 Å². The second-order valence-electron chi connectivity index (χ2n) is 23.7. The lowest BCUT2D eigenvalue weighted by Gasteiger charge is -2.37. The van der Waals surface area contributed by atoms with Gasteiger partial charge < -0.3 is 76.0 Å². The van der Waals surface area contributed by atoms with Crippen LogP contribution >= 0.6 is 23.5 Å². The molecular weight excluding hydrogens is 1280 g/mol. The number of carbonyl (C=O) groups is 8. The number of halogens is 4. The highest BCUT2D eigenvalue weighted by molar-refractivity contribution is 8.04. The number of anilines is 2. The van der Waals surface area contributed by atoms with Gasteiger partial charge in [0.25, 0.3) is 17.7 Å². The molecule has 29 nitrogen and oxygen atoms in total. The number of nitrogens with one attached hydrogen (secondary N) is 6. The molecule has 2 aromatic heterocycles. The molecule has 5 unspecified atom stereocenters. The first-order valence-corrected chi connectivity index (χ1v) is 32.2. The summed E-state index contributed by atoms with van der Waals surface area (Å²) in [6, 6.07) is 0.187. The van der Waals surface area contributed by atoms with Crippen LogP contribution in [0.15, 0.2) is 34.1 Å². The zero-order chi connectivity index (χ0) is 70.2.